The molecular formula is C11H20O2. The van der Waals surface area contributed by atoms with E-state index in [1.165, 1.54) is 6.42 Å². The molecule has 1 saturated carbocycles. The van der Waals surface area contributed by atoms with E-state index in [-0.39, 0.29) is 16.7 Å². The molecule has 1 aliphatic carbocycles. The molecule has 0 aromatic carbocycles. The Morgan fingerprint density at radius 1 is 1.31 bits per heavy atom. The summed E-state index contributed by atoms with van der Waals surface area (Å²) in [6.45, 7) is 8.35. The third-order valence-corrected chi connectivity index (χ3v) is 4.37. The zero-order valence-electron chi connectivity index (χ0n) is 9.05. The number of carbonyl (C=O) groups is 1. The van der Waals surface area contributed by atoms with Crippen LogP contribution >= 0.6 is 0 Å². The maximum absolute atomic E-state index is 11.0. The Bertz CT molecular complexity index is 220. The molecule has 1 fully saturated rings. The topological polar surface area (TPSA) is 37.3 Å². The minimum absolute atomic E-state index is 0.0289. The van der Waals surface area contributed by atoms with E-state index < -0.39 is 5.97 Å². The average molecular weight is 184 g/mol. The van der Waals surface area contributed by atoms with Gasteiger partial charge in [0.1, 0.15) is 0 Å². The van der Waals surface area contributed by atoms with Crippen molar-refractivity contribution < 1.29 is 9.90 Å². The minimum atomic E-state index is -0.655. The first-order chi connectivity index (χ1) is 5.81. The SMILES string of the molecule is CC(C(=O)O)C1(C)CCCC1(C)C. The smallest absolute Gasteiger partial charge is 0.306 e. The molecule has 0 bridgehead atoms. The van der Waals surface area contributed by atoms with Gasteiger partial charge in [0.05, 0.1) is 5.92 Å². The van der Waals surface area contributed by atoms with Gasteiger partial charge in [-0.15, -0.1) is 0 Å². The summed E-state index contributed by atoms with van der Waals surface area (Å²) >= 11 is 0. The second-order valence-corrected chi connectivity index (χ2v) is 5.21. The quantitative estimate of drug-likeness (QED) is 0.716. The molecule has 2 atom stereocenters. The van der Waals surface area contributed by atoms with Gasteiger partial charge in [-0.3, -0.25) is 4.79 Å². The molecule has 13 heavy (non-hydrogen) atoms. The molecule has 0 spiro atoms. The fraction of sp³-hybridized carbons (Fsp3) is 0.909. The summed E-state index contributed by atoms with van der Waals surface area (Å²) in [5.41, 5.74) is 0.143. The first-order valence-electron chi connectivity index (χ1n) is 5.04. The third kappa shape index (κ3) is 1.47. The molecule has 2 nitrogen and oxygen atoms in total. The Morgan fingerprint density at radius 2 is 1.85 bits per heavy atom. The van der Waals surface area contributed by atoms with Gasteiger partial charge >= 0.3 is 5.97 Å². The second-order valence-electron chi connectivity index (χ2n) is 5.21. The van der Waals surface area contributed by atoms with Crippen molar-refractivity contribution in [3.63, 3.8) is 0 Å². The lowest BCUT2D eigenvalue weighted by molar-refractivity contribution is -0.148. The van der Waals surface area contributed by atoms with E-state index in [2.05, 4.69) is 20.8 Å². The van der Waals surface area contributed by atoms with Crippen LogP contribution in [0.5, 0.6) is 0 Å². The van der Waals surface area contributed by atoms with Crippen molar-refractivity contribution >= 4 is 5.97 Å². The highest BCUT2D eigenvalue weighted by Gasteiger charge is 2.50. The van der Waals surface area contributed by atoms with Crippen LogP contribution in [-0.4, -0.2) is 11.1 Å². The van der Waals surface area contributed by atoms with Crippen LogP contribution in [0.3, 0.4) is 0 Å². The first kappa shape index (κ1) is 10.6. The van der Waals surface area contributed by atoms with E-state index in [0.29, 0.717) is 0 Å². The summed E-state index contributed by atoms with van der Waals surface area (Å²) in [4.78, 5) is 11.0. The van der Waals surface area contributed by atoms with Crippen LogP contribution in [0.25, 0.3) is 0 Å². The van der Waals surface area contributed by atoms with Gasteiger partial charge in [-0.1, -0.05) is 34.1 Å². The Labute approximate surface area is 80.3 Å². The van der Waals surface area contributed by atoms with Crippen LogP contribution in [0.1, 0.15) is 47.0 Å². The standard InChI is InChI=1S/C11H20O2/c1-8(9(12)13)11(4)7-5-6-10(11,2)3/h8H,5-7H2,1-4H3,(H,12,13). The van der Waals surface area contributed by atoms with Crippen molar-refractivity contribution in [2.45, 2.75) is 47.0 Å². The van der Waals surface area contributed by atoms with Crippen molar-refractivity contribution in [1.29, 1.82) is 0 Å². The maximum Gasteiger partial charge on any atom is 0.306 e. The average Bonchev–Trinajstić information content (AvgIpc) is 2.26. The summed E-state index contributed by atoms with van der Waals surface area (Å²) in [6, 6.07) is 0. The van der Waals surface area contributed by atoms with Crippen molar-refractivity contribution in [3.05, 3.63) is 0 Å². The summed E-state index contributed by atoms with van der Waals surface area (Å²) in [7, 11) is 0. The number of hydrogen-bond acceptors (Lipinski definition) is 1. The van der Waals surface area contributed by atoms with Gasteiger partial charge in [-0.2, -0.15) is 0 Å². The van der Waals surface area contributed by atoms with Gasteiger partial charge in [0, 0.05) is 0 Å². The number of carboxylic acids is 1. The highest BCUT2D eigenvalue weighted by Crippen LogP contribution is 2.56. The summed E-state index contributed by atoms with van der Waals surface area (Å²) in [6.07, 6.45) is 3.37. The van der Waals surface area contributed by atoms with E-state index in [0.717, 1.165) is 12.8 Å². The maximum atomic E-state index is 11.0. The molecular weight excluding hydrogens is 164 g/mol. The van der Waals surface area contributed by atoms with E-state index in [1.54, 1.807) is 0 Å². The van der Waals surface area contributed by atoms with Gasteiger partial charge in [0.25, 0.3) is 0 Å². The highest BCUT2D eigenvalue weighted by atomic mass is 16.4. The molecule has 0 saturated heterocycles. The molecule has 1 aliphatic rings. The molecule has 2 heteroatoms. The van der Waals surface area contributed by atoms with Crippen LogP contribution in [0, 0.1) is 16.7 Å². The second kappa shape index (κ2) is 3.00. The molecule has 76 valence electrons. The van der Waals surface area contributed by atoms with Crippen LogP contribution in [-0.2, 0) is 4.79 Å². The first-order valence-corrected chi connectivity index (χ1v) is 5.04. The lowest BCUT2D eigenvalue weighted by Crippen LogP contribution is -2.39. The van der Waals surface area contributed by atoms with Crippen LogP contribution in [0.4, 0.5) is 0 Å². The van der Waals surface area contributed by atoms with E-state index in [1.807, 2.05) is 6.92 Å². The molecule has 0 heterocycles. The molecule has 0 aliphatic heterocycles. The highest BCUT2D eigenvalue weighted by molar-refractivity contribution is 5.70. The number of carboxylic acid groups (broad SMARTS) is 1. The molecule has 0 radical (unpaired) electrons. The van der Waals surface area contributed by atoms with E-state index in [9.17, 15) is 4.79 Å². The monoisotopic (exact) mass is 184 g/mol. The van der Waals surface area contributed by atoms with Gasteiger partial charge in [0.2, 0.25) is 0 Å². The summed E-state index contributed by atoms with van der Waals surface area (Å²) in [5.74, 6) is -0.887. The Balaban J connectivity index is 2.93. The Hall–Kier alpha value is -0.530. The van der Waals surface area contributed by atoms with Crippen LogP contribution < -0.4 is 0 Å². The van der Waals surface area contributed by atoms with Crippen molar-refractivity contribution in [1.82, 2.24) is 0 Å². The molecule has 2 unspecified atom stereocenters. The third-order valence-electron chi connectivity index (χ3n) is 4.37. The molecule has 1 rings (SSSR count). The van der Waals surface area contributed by atoms with Crippen molar-refractivity contribution in [2.75, 3.05) is 0 Å². The van der Waals surface area contributed by atoms with Gasteiger partial charge < -0.3 is 5.11 Å². The summed E-state index contributed by atoms with van der Waals surface area (Å²) in [5, 5.41) is 9.04. The molecule has 0 amide bonds. The molecule has 1 N–H and O–H groups in total. The largest absolute Gasteiger partial charge is 0.481 e. The van der Waals surface area contributed by atoms with Crippen molar-refractivity contribution in [2.24, 2.45) is 16.7 Å². The van der Waals surface area contributed by atoms with Gasteiger partial charge in [-0.25, -0.2) is 0 Å². The Morgan fingerprint density at radius 3 is 2.15 bits per heavy atom. The van der Waals surface area contributed by atoms with Crippen LogP contribution in [0.15, 0.2) is 0 Å². The predicted molar refractivity (Wildman–Crippen MR) is 52.5 cm³/mol. The van der Waals surface area contributed by atoms with Crippen LogP contribution in [0.2, 0.25) is 0 Å². The number of rotatable bonds is 2. The van der Waals surface area contributed by atoms with Gasteiger partial charge in [-0.05, 0) is 23.7 Å². The number of hydrogen-bond donors (Lipinski definition) is 1. The zero-order valence-corrected chi connectivity index (χ0v) is 9.05. The van der Waals surface area contributed by atoms with E-state index in [4.69, 9.17) is 5.11 Å². The lowest BCUT2D eigenvalue weighted by Gasteiger charge is -2.41. The van der Waals surface area contributed by atoms with Crippen molar-refractivity contribution in [3.8, 4) is 0 Å². The predicted octanol–water partition coefficient (Wildman–Crippen LogP) is 2.92. The normalized spacial score (nSPS) is 34.5. The minimum Gasteiger partial charge on any atom is -0.481 e. The lowest BCUT2D eigenvalue weighted by atomic mass is 9.62. The fourth-order valence-electron chi connectivity index (χ4n) is 2.60. The summed E-state index contributed by atoms with van der Waals surface area (Å²) < 4.78 is 0. The Kier molecular flexibility index (Phi) is 2.44. The molecule has 0 aromatic heterocycles. The number of aliphatic carboxylic acids is 1. The van der Waals surface area contributed by atoms with E-state index >= 15 is 0 Å². The molecule has 0 aromatic rings. The zero-order chi connectivity index (χ0) is 10.3. The fourth-order valence-corrected chi connectivity index (χ4v) is 2.60. The van der Waals surface area contributed by atoms with Gasteiger partial charge in [0.15, 0.2) is 0 Å².